The first-order chi connectivity index (χ1) is 20.2. The Kier molecular flexibility index (Phi) is 6.21. The van der Waals surface area contributed by atoms with Crippen LogP contribution in [0.2, 0.25) is 0 Å². The number of rotatable bonds is 6. The fourth-order valence-electron chi connectivity index (χ4n) is 5.51. The molecule has 0 unspecified atom stereocenters. The second-order valence-electron chi connectivity index (χ2n) is 10.1. The van der Waals surface area contributed by atoms with E-state index in [1.54, 1.807) is 14.2 Å². The minimum absolute atomic E-state index is 0.834. The van der Waals surface area contributed by atoms with Gasteiger partial charge in [0.1, 0.15) is 11.5 Å². The lowest BCUT2D eigenvalue weighted by Crippen LogP contribution is -1.91. The third kappa shape index (κ3) is 4.60. The van der Waals surface area contributed by atoms with Crippen LogP contribution in [0.25, 0.3) is 66.6 Å². The van der Waals surface area contributed by atoms with Crippen molar-refractivity contribution < 1.29 is 9.47 Å². The van der Waals surface area contributed by atoms with Crippen LogP contribution in [0.15, 0.2) is 127 Å². The Morgan fingerprint density at radius 3 is 1.71 bits per heavy atom. The number of aromatic amines is 1. The van der Waals surface area contributed by atoms with E-state index in [1.165, 1.54) is 10.8 Å². The summed E-state index contributed by atoms with van der Waals surface area (Å²) in [5.41, 5.74) is 10.7. The lowest BCUT2D eigenvalue weighted by molar-refractivity contribution is 0.415. The van der Waals surface area contributed by atoms with E-state index in [0.717, 1.165) is 67.3 Å². The number of ether oxygens (including phenoxy) is 2. The van der Waals surface area contributed by atoms with Gasteiger partial charge in [-0.05, 0) is 82.9 Å². The molecule has 2 aromatic heterocycles. The van der Waals surface area contributed by atoms with Crippen LogP contribution in [-0.2, 0) is 0 Å². The number of nitrogens with zero attached hydrogens (tertiary/aromatic N) is 1. The molecule has 0 amide bonds. The lowest BCUT2D eigenvalue weighted by atomic mass is 9.94. The van der Waals surface area contributed by atoms with Crippen LogP contribution >= 0.6 is 0 Å². The molecule has 0 spiro atoms. The topological polar surface area (TPSA) is 47.1 Å². The fourth-order valence-corrected chi connectivity index (χ4v) is 5.51. The Morgan fingerprint density at radius 1 is 0.488 bits per heavy atom. The Hall–Kier alpha value is -5.35. The second-order valence-corrected chi connectivity index (χ2v) is 10.1. The smallest absolute Gasteiger partial charge is 0.118 e. The number of pyridine rings is 1. The molecule has 0 aliphatic rings. The van der Waals surface area contributed by atoms with Gasteiger partial charge in [-0.2, -0.15) is 0 Å². The van der Waals surface area contributed by atoms with Crippen molar-refractivity contribution in [3.05, 3.63) is 127 Å². The Labute approximate surface area is 238 Å². The summed E-state index contributed by atoms with van der Waals surface area (Å²) >= 11 is 0. The van der Waals surface area contributed by atoms with Gasteiger partial charge >= 0.3 is 0 Å². The van der Waals surface area contributed by atoms with Gasteiger partial charge in [-0.25, -0.2) is 4.98 Å². The van der Waals surface area contributed by atoms with Crippen LogP contribution in [0.3, 0.4) is 0 Å². The predicted molar refractivity (Wildman–Crippen MR) is 168 cm³/mol. The zero-order chi connectivity index (χ0) is 27.8. The maximum Gasteiger partial charge on any atom is 0.118 e. The minimum Gasteiger partial charge on any atom is -0.497 e. The van der Waals surface area contributed by atoms with Crippen LogP contribution in [0.5, 0.6) is 11.5 Å². The molecule has 41 heavy (non-hydrogen) atoms. The molecule has 5 aromatic carbocycles. The number of nitrogens with one attached hydrogen (secondary N) is 1. The highest BCUT2D eigenvalue weighted by Crippen LogP contribution is 2.36. The summed E-state index contributed by atoms with van der Waals surface area (Å²) in [6.45, 7) is 0. The molecular weight excluding hydrogens is 504 g/mol. The first kappa shape index (κ1) is 24.7. The highest BCUT2D eigenvalue weighted by Gasteiger charge is 2.13. The molecule has 0 fully saturated rings. The number of benzene rings is 5. The number of fused-ring (bicyclic) bond motifs is 3. The quantitative estimate of drug-likeness (QED) is 0.232. The van der Waals surface area contributed by atoms with Crippen molar-refractivity contribution in [1.29, 1.82) is 0 Å². The van der Waals surface area contributed by atoms with E-state index in [-0.39, 0.29) is 0 Å². The predicted octanol–water partition coefficient (Wildman–Crippen LogP) is 9.40. The van der Waals surface area contributed by atoms with Gasteiger partial charge in [0.05, 0.1) is 31.1 Å². The third-order valence-electron chi connectivity index (χ3n) is 7.64. The molecule has 1 N–H and O–H groups in total. The summed E-state index contributed by atoms with van der Waals surface area (Å²) in [5, 5.41) is 2.42. The molecule has 2 heterocycles. The highest BCUT2D eigenvalue weighted by atomic mass is 16.5. The van der Waals surface area contributed by atoms with Gasteiger partial charge in [-0.1, -0.05) is 66.7 Å². The average Bonchev–Trinajstić information content (AvgIpc) is 3.44. The molecule has 0 saturated carbocycles. The van der Waals surface area contributed by atoms with Gasteiger partial charge in [0.15, 0.2) is 0 Å². The summed E-state index contributed by atoms with van der Waals surface area (Å²) in [7, 11) is 3.37. The summed E-state index contributed by atoms with van der Waals surface area (Å²) < 4.78 is 10.8. The van der Waals surface area contributed by atoms with E-state index in [4.69, 9.17) is 14.5 Å². The molecule has 0 aliphatic heterocycles. The molecule has 7 aromatic rings. The van der Waals surface area contributed by atoms with Crippen LogP contribution in [0.1, 0.15) is 0 Å². The lowest BCUT2D eigenvalue weighted by Gasteiger charge is -2.13. The van der Waals surface area contributed by atoms with Crippen LogP contribution < -0.4 is 9.47 Å². The largest absolute Gasteiger partial charge is 0.497 e. The van der Waals surface area contributed by atoms with Gasteiger partial charge in [0, 0.05) is 27.4 Å². The molecule has 7 rings (SSSR count). The van der Waals surface area contributed by atoms with Gasteiger partial charge in [-0.15, -0.1) is 0 Å². The number of H-pyrrole nitrogens is 1. The van der Waals surface area contributed by atoms with E-state index in [9.17, 15) is 0 Å². The van der Waals surface area contributed by atoms with Crippen LogP contribution in [-0.4, -0.2) is 24.2 Å². The number of methoxy groups -OCH3 is 2. The first-order valence-electron chi connectivity index (χ1n) is 13.6. The van der Waals surface area contributed by atoms with Gasteiger partial charge in [0.25, 0.3) is 0 Å². The van der Waals surface area contributed by atoms with Crippen molar-refractivity contribution in [1.82, 2.24) is 9.97 Å². The molecule has 198 valence electrons. The maximum absolute atomic E-state index is 5.39. The van der Waals surface area contributed by atoms with Crippen molar-refractivity contribution in [3.8, 4) is 56.3 Å². The maximum atomic E-state index is 5.39. The molecule has 0 saturated heterocycles. The molecule has 0 bridgehead atoms. The molecule has 4 nitrogen and oxygen atoms in total. The van der Waals surface area contributed by atoms with Crippen molar-refractivity contribution in [3.63, 3.8) is 0 Å². The van der Waals surface area contributed by atoms with Crippen molar-refractivity contribution in [2.75, 3.05) is 14.2 Å². The normalized spacial score (nSPS) is 11.2. The zero-order valence-electron chi connectivity index (χ0n) is 22.9. The Balaban J connectivity index is 1.37. The van der Waals surface area contributed by atoms with E-state index in [2.05, 4.69) is 108 Å². The Bertz CT molecular complexity index is 1940. The van der Waals surface area contributed by atoms with Crippen molar-refractivity contribution >= 4 is 21.8 Å². The van der Waals surface area contributed by atoms with Gasteiger partial charge in [-0.3, -0.25) is 0 Å². The molecule has 0 radical (unpaired) electrons. The molecular formula is C37H28N2O2. The number of aromatic nitrogens is 2. The number of hydrogen-bond donors (Lipinski definition) is 1. The first-order valence-corrected chi connectivity index (χ1v) is 13.6. The third-order valence-corrected chi connectivity index (χ3v) is 7.64. The van der Waals surface area contributed by atoms with Crippen molar-refractivity contribution in [2.24, 2.45) is 0 Å². The molecule has 4 heteroatoms. The van der Waals surface area contributed by atoms with E-state index in [0.29, 0.717) is 0 Å². The average molecular weight is 533 g/mol. The molecule has 0 aliphatic carbocycles. The Morgan fingerprint density at radius 2 is 1.05 bits per heavy atom. The van der Waals surface area contributed by atoms with Gasteiger partial charge in [0.2, 0.25) is 0 Å². The van der Waals surface area contributed by atoms with E-state index in [1.807, 2.05) is 24.3 Å². The zero-order valence-corrected chi connectivity index (χ0v) is 22.9. The molecule has 0 atom stereocenters. The second kappa shape index (κ2) is 10.3. The minimum atomic E-state index is 0.834. The van der Waals surface area contributed by atoms with Crippen LogP contribution in [0, 0.1) is 0 Å². The highest BCUT2D eigenvalue weighted by molar-refractivity contribution is 6.11. The summed E-state index contributed by atoms with van der Waals surface area (Å²) in [4.78, 5) is 8.82. The summed E-state index contributed by atoms with van der Waals surface area (Å²) in [6.07, 6.45) is 0. The standard InChI is InChI=1S/C37H28N2O2/c1-40-29-17-13-24(14-18-29)26-21-27(25-15-19-30(41-2)20-16-25)23-28(22-26)34-11-6-12-36(38-34)33-9-5-8-32-31-7-3-4-10-35(31)39-37(32)33/h3-23,39H,1-2H3. The van der Waals surface area contributed by atoms with E-state index >= 15 is 0 Å². The van der Waals surface area contributed by atoms with Crippen molar-refractivity contribution in [2.45, 2.75) is 0 Å². The SMILES string of the molecule is COc1ccc(-c2cc(-c3ccc(OC)cc3)cc(-c3cccc(-c4cccc5c4[nH]c4ccccc45)n3)c2)cc1. The van der Waals surface area contributed by atoms with E-state index < -0.39 is 0 Å². The fraction of sp³-hybridized carbons (Fsp3) is 0.0541. The number of para-hydroxylation sites is 2. The van der Waals surface area contributed by atoms with Gasteiger partial charge < -0.3 is 14.5 Å². The monoisotopic (exact) mass is 532 g/mol. The number of hydrogen-bond acceptors (Lipinski definition) is 3. The summed E-state index contributed by atoms with van der Waals surface area (Å²) in [6, 6.07) is 44.1. The van der Waals surface area contributed by atoms with Crippen LogP contribution in [0.4, 0.5) is 0 Å². The summed E-state index contributed by atoms with van der Waals surface area (Å²) in [5.74, 6) is 1.67.